The van der Waals surface area contributed by atoms with Crippen molar-refractivity contribution >= 4 is 10.9 Å². The number of benzene rings is 2. The fourth-order valence-corrected chi connectivity index (χ4v) is 5.28. The third kappa shape index (κ3) is 4.91. The maximum Gasteiger partial charge on any atom is 0.131 e. The van der Waals surface area contributed by atoms with E-state index in [9.17, 15) is 4.39 Å². The Morgan fingerprint density at radius 3 is 2.79 bits per heavy atom. The van der Waals surface area contributed by atoms with E-state index in [1.807, 2.05) is 38.2 Å². The number of fused-ring (bicyclic) bond motifs is 1. The Hall–Kier alpha value is -4.04. The molecule has 1 fully saturated rings. The van der Waals surface area contributed by atoms with Gasteiger partial charge in [0.15, 0.2) is 0 Å². The van der Waals surface area contributed by atoms with Crippen molar-refractivity contribution in [2.75, 3.05) is 13.1 Å². The zero-order valence-corrected chi connectivity index (χ0v) is 21.6. The van der Waals surface area contributed by atoms with Crippen LogP contribution in [0, 0.1) is 5.82 Å². The van der Waals surface area contributed by atoms with E-state index in [1.165, 1.54) is 6.07 Å². The molecular weight excluding hydrogens is 479 g/mol. The Kier molecular flexibility index (Phi) is 6.64. The van der Waals surface area contributed by atoms with Gasteiger partial charge in [-0.3, -0.25) is 19.7 Å². The van der Waals surface area contributed by atoms with Crippen LogP contribution in [0.25, 0.3) is 33.3 Å². The van der Waals surface area contributed by atoms with Crippen LogP contribution in [0.1, 0.15) is 38.3 Å². The summed E-state index contributed by atoms with van der Waals surface area (Å²) in [7, 11) is 0. The van der Waals surface area contributed by atoms with Gasteiger partial charge in [0.05, 0.1) is 23.9 Å². The topological polar surface area (TPSA) is 71.9 Å². The molecule has 6 rings (SSSR count). The molecule has 0 amide bonds. The Balaban J connectivity index is 1.21. The highest BCUT2D eigenvalue weighted by molar-refractivity contribution is 5.95. The number of likely N-dealkylation sites (tertiary alicyclic amines) is 1. The summed E-state index contributed by atoms with van der Waals surface area (Å²) < 4.78 is 22.7. The van der Waals surface area contributed by atoms with Crippen LogP contribution in [0.3, 0.4) is 0 Å². The zero-order chi connectivity index (χ0) is 26.1. The number of ether oxygens (including phenoxy) is 1. The average Bonchev–Trinajstić information content (AvgIpc) is 3.59. The summed E-state index contributed by atoms with van der Waals surface area (Å²) in [4.78, 5) is 6.42. The first kappa shape index (κ1) is 24.3. The van der Waals surface area contributed by atoms with Crippen molar-refractivity contribution in [1.82, 2.24) is 29.9 Å². The first-order valence-corrected chi connectivity index (χ1v) is 13.1. The molecule has 0 bridgehead atoms. The van der Waals surface area contributed by atoms with Gasteiger partial charge >= 0.3 is 0 Å². The van der Waals surface area contributed by atoms with Crippen molar-refractivity contribution in [1.29, 1.82) is 0 Å². The van der Waals surface area contributed by atoms with Crippen LogP contribution in [0.4, 0.5) is 4.39 Å². The van der Waals surface area contributed by atoms with Crippen molar-refractivity contribution in [2.45, 2.75) is 45.4 Å². The van der Waals surface area contributed by atoms with Crippen LogP contribution in [0.15, 0.2) is 73.3 Å². The largest absolute Gasteiger partial charge is 0.491 e. The maximum absolute atomic E-state index is 14.8. The molecule has 0 unspecified atom stereocenters. The van der Waals surface area contributed by atoms with Gasteiger partial charge in [0.1, 0.15) is 17.3 Å². The number of nitrogens with zero attached hydrogens (tertiary/aromatic N) is 5. The molecule has 0 saturated carbocycles. The van der Waals surface area contributed by atoms with Gasteiger partial charge in [0.25, 0.3) is 0 Å². The fourth-order valence-electron chi connectivity index (χ4n) is 5.28. The molecule has 0 aliphatic carbocycles. The number of hydrogen-bond acceptors (Lipinski definition) is 5. The van der Waals surface area contributed by atoms with E-state index in [4.69, 9.17) is 9.84 Å². The Labute approximate surface area is 221 Å². The van der Waals surface area contributed by atoms with Gasteiger partial charge < -0.3 is 4.74 Å². The number of aromatic amines is 1. The molecule has 3 aromatic heterocycles. The molecule has 1 N–H and O–H groups in total. The van der Waals surface area contributed by atoms with Crippen LogP contribution in [0.2, 0.25) is 0 Å². The summed E-state index contributed by atoms with van der Waals surface area (Å²) in [5.41, 5.74) is 5.71. The van der Waals surface area contributed by atoms with Gasteiger partial charge in [0.2, 0.25) is 0 Å². The predicted molar refractivity (Wildman–Crippen MR) is 146 cm³/mol. The van der Waals surface area contributed by atoms with Crippen molar-refractivity contribution in [2.24, 2.45) is 0 Å². The molecule has 4 heterocycles. The number of rotatable bonds is 7. The van der Waals surface area contributed by atoms with E-state index in [-0.39, 0.29) is 18.0 Å². The van der Waals surface area contributed by atoms with Crippen molar-refractivity contribution in [3.63, 3.8) is 0 Å². The zero-order valence-electron chi connectivity index (χ0n) is 21.6. The molecule has 1 saturated heterocycles. The molecule has 8 heteroatoms. The van der Waals surface area contributed by atoms with Crippen molar-refractivity contribution in [3.05, 3.63) is 84.7 Å². The highest BCUT2D eigenvalue weighted by Gasteiger charge is 2.24. The van der Waals surface area contributed by atoms with E-state index in [2.05, 4.69) is 49.2 Å². The first-order valence-electron chi connectivity index (χ1n) is 13.1. The molecule has 5 aromatic rings. The SMILES string of the molecule is CC(C)Oc1cccc(F)c1CN1CCC[C@@H](n2cc(-c3ccc4[nH]nc(-c5ccncc5)c4c3)cn2)C1. The summed E-state index contributed by atoms with van der Waals surface area (Å²) in [6.07, 6.45) is 9.68. The average molecular weight is 511 g/mol. The lowest BCUT2D eigenvalue weighted by molar-refractivity contribution is 0.157. The summed E-state index contributed by atoms with van der Waals surface area (Å²) >= 11 is 0. The first-order chi connectivity index (χ1) is 18.5. The van der Waals surface area contributed by atoms with Crippen molar-refractivity contribution < 1.29 is 9.13 Å². The number of halogens is 1. The third-order valence-electron chi connectivity index (χ3n) is 7.13. The lowest BCUT2D eigenvalue weighted by Crippen LogP contribution is -2.36. The van der Waals surface area contributed by atoms with Gasteiger partial charge in [-0.15, -0.1) is 0 Å². The van der Waals surface area contributed by atoms with Gasteiger partial charge in [-0.25, -0.2) is 4.39 Å². The quantitative estimate of drug-likeness (QED) is 0.280. The van der Waals surface area contributed by atoms with E-state index in [1.54, 1.807) is 18.5 Å². The number of H-pyrrole nitrogens is 1. The summed E-state index contributed by atoms with van der Waals surface area (Å²) in [6, 6.07) is 15.6. The second kappa shape index (κ2) is 10.4. The third-order valence-corrected chi connectivity index (χ3v) is 7.13. The molecule has 0 radical (unpaired) electrons. The number of piperidine rings is 1. The number of aromatic nitrogens is 5. The number of hydrogen-bond donors (Lipinski definition) is 1. The lowest BCUT2D eigenvalue weighted by Gasteiger charge is -2.33. The molecule has 1 aliphatic heterocycles. The normalized spacial score (nSPS) is 16.4. The van der Waals surface area contributed by atoms with Crippen LogP contribution >= 0.6 is 0 Å². The fraction of sp³-hybridized carbons (Fsp3) is 0.300. The van der Waals surface area contributed by atoms with Gasteiger partial charge in [-0.2, -0.15) is 10.2 Å². The summed E-state index contributed by atoms with van der Waals surface area (Å²) in [6.45, 7) is 6.18. The van der Waals surface area contributed by atoms with E-state index in [0.717, 1.165) is 59.2 Å². The summed E-state index contributed by atoms with van der Waals surface area (Å²) in [5.74, 6) is 0.414. The van der Waals surface area contributed by atoms with Gasteiger partial charge in [-0.1, -0.05) is 12.1 Å². The van der Waals surface area contributed by atoms with E-state index >= 15 is 0 Å². The molecule has 194 valence electrons. The molecule has 1 aliphatic rings. The van der Waals surface area contributed by atoms with Crippen LogP contribution in [-0.4, -0.2) is 49.1 Å². The predicted octanol–water partition coefficient (Wildman–Crippen LogP) is 6.25. The second-order valence-electron chi connectivity index (χ2n) is 10.2. The summed E-state index contributed by atoms with van der Waals surface area (Å²) in [5, 5.41) is 13.5. The molecular formula is C30H31FN6O. The molecule has 2 aromatic carbocycles. The highest BCUT2D eigenvalue weighted by atomic mass is 19.1. The van der Waals surface area contributed by atoms with Crippen LogP contribution in [0.5, 0.6) is 5.75 Å². The standard InChI is InChI=1S/C30H31FN6O/c1-20(2)38-29-7-3-6-27(31)26(29)19-36-14-4-5-24(18-36)37-17-23(16-33-37)22-8-9-28-25(15-22)30(35-34-28)21-10-12-32-13-11-21/h3,6-13,15-17,20,24H,4-5,14,18-19H2,1-2H3,(H,34,35)/t24-/m1/s1. The number of pyridine rings is 1. The molecule has 38 heavy (non-hydrogen) atoms. The molecule has 0 spiro atoms. The Bertz CT molecular complexity index is 1540. The van der Waals surface area contributed by atoms with E-state index < -0.39 is 0 Å². The molecule has 1 atom stereocenters. The Morgan fingerprint density at radius 1 is 1.08 bits per heavy atom. The number of nitrogens with one attached hydrogen (secondary N) is 1. The highest BCUT2D eigenvalue weighted by Crippen LogP contribution is 2.32. The van der Waals surface area contributed by atoms with Gasteiger partial charge in [-0.05, 0) is 75.2 Å². The second-order valence-corrected chi connectivity index (χ2v) is 10.2. The minimum atomic E-state index is -0.215. The minimum Gasteiger partial charge on any atom is -0.491 e. The smallest absolute Gasteiger partial charge is 0.131 e. The van der Waals surface area contributed by atoms with Crippen LogP contribution < -0.4 is 4.74 Å². The Morgan fingerprint density at radius 2 is 1.95 bits per heavy atom. The monoisotopic (exact) mass is 510 g/mol. The maximum atomic E-state index is 14.8. The van der Waals surface area contributed by atoms with E-state index in [0.29, 0.717) is 17.9 Å². The molecule has 7 nitrogen and oxygen atoms in total. The van der Waals surface area contributed by atoms with Crippen molar-refractivity contribution in [3.8, 4) is 28.1 Å². The lowest BCUT2D eigenvalue weighted by atomic mass is 10.0. The van der Waals surface area contributed by atoms with Gasteiger partial charge in [0, 0.05) is 53.8 Å². The minimum absolute atomic E-state index is 0.00537. The van der Waals surface area contributed by atoms with Crippen LogP contribution in [-0.2, 0) is 6.54 Å².